The zero-order chi connectivity index (χ0) is 11.7. The van der Waals surface area contributed by atoms with E-state index >= 15 is 0 Å². The summed E-state index contributed by atoms with van der Waals surface area (Å²) < 4.78 is 0. The van der Waals surface area contributed by atoms with E-state index in [1.807, 2.05) is 11.6 Å². The van der Waals surface area contributed by atoms with Crippen molar-refractivity contribution in [3.63, 3.8) is 0 Å². The Labute approximate surface area is 105 Å². The predicted molar refractivity (Wildman–Crippen MR) is 68.2 cm³/mol. The van der Waals surface area contributed by atoms with Gasteiger partial charge in [-0.3, -0.25) is 4.79 Å². The Balaban J connectivity index is 1.48. The van der Waals surface area contributed by atoms with Crippen LogP contribution in [0, 0.1) is 5.92 Å². The van der Waals surface area contributed by atoms with Crippen molar-refractivity contribution in [2.45, 2.75) is 31.7 Å². The number of rotatable bonds is 3. The van der Waals surface area contributed by atoms with Crippen molar-refractivity contribution >= 4 is 22.4 Å². The molecule has 1 aromatic heterocycles. The number of nitrogens with one attached hydrogen (secondary N) is 1. The molecule has 1 saturated heterocycles. The number of amides is 1. The summed E-state index contributed by atoms with van der Waals surface area (Å²) in [7, 11) is 0. The number of piperidine rings is 1. The van der Waals surface area contributed by atoms with Gasteiger partial charge in [0.2, 0.25) is 5.91 Å². The van der Waals surface area contributed by atoms with Gasteiger partial charge in [-0.2, -0.15) is 0 Å². The van der Waals surface area contributed by atoms with Gasteiger partial charge >= 0.3 is 0 Å². The summed E-state index contributed by atoms with van der Waals surface area (Å²) in [5.41, 5.74) is 0. The lowest BCUT2D eigenvalue weighted by atomic mass is 10.1. The van der Waals surface area contributed by atoms with E-state index in [1.54, 1.807) is 11.3 Å². The molecule has 1 aliphatic heterocycles. The molecule has 1 amide bonds. The summed E-state index contributed by atoms with van der Waals surface area (Å²) in [5.74, 6) is 0.602. The fourth-order valence-corrected chi connectivity index (χ4v) is 2.95. The van der Waals surface area contributed by atoms with Gasteiger partial charge in [0, 0.05) is 36.6 Å². The van der Waals surface area contributed by atoms with Gasteiger partial charge in [0.15, 0.2) is 5.13 Å². The smallest absolute Gasteiger partial charge is 0.223 e. The molecule has 0 aromatic carbocycles. The van der Waals surface area contributed by atoms with E-state index in [0.717, 1.165) is 43.9 Å². The topological polar surface area (TPSA) is 45.2 Å². The number of aromatic nitrogens is 1. The van der Waals surface area contributed by atoms with Gasteiger partial charge in [-0.05, 0) is 25.7 Å². The Kier molecular flexibility index (Phi) is 3.01. The Morgan fingerprint density at radius 2 is 2.12 bits per heavy atom. The molecule has 2 fully saturated rings. The largest absolute Gasteiger partial charge is 0.353 e. The van der Waals surface area contributed by atoms with Gasteiger partial charge in [0.25, 0.3) is 0 Å². The molecular formula is C12H17N3OS. The molecule has 4 nitrogen and oxygen atoms in total. The number of nitrogens with zero attached hydrogens (tertiary/aromatic N) is 2. The second-order valence-corrected chi connectivity index (χ2v) is 5.73. The second kappa shape index (κ2) is 4.64. The first kappa shape index (κ1) is 11.0. The highest BCUT2D eigenvalue weighted by Gasteiger charge is 2.31. The van der Waals surface area contributed by atoms with Crippen LogP contribution in [0.3, 0.4) is 0 Å². The molecule has 92 valence electrons. The number of carbonyl (C=O) groups is 1. The summed E-state index contributed by atoms with van der Waals surface area (Å²) in [6.45, 7) is 2.01. The van der Waals surface area contributed by atoms with E-state index in [2.05, 4.69) is 15.2 Å². The molecule has 3 rings (SSSR count). The number of thiazole rings is 1. The van der Waals surface area contributed by atoms with Crippen molar-refractivity contribution in [1.29, 1.82) is 0 Å². The highest BCUT2D eigenvalue weighted by molar-refractivity contribution is 7.13. The van der Waals surface area contributed by atoms with Gasteiger partial charge in [-0.1, -0.05) is 0 Å². The van der Waals surface area contributed by atoms with E-state index < -0.39 is 0 Å². The standard InChI is InChI=1S/C12H17N3OS/c16-11(9-1-2-9)14-10-3-6-15(7-4-10)12-13-5-8-17-12/h5,8-10H,1-4,6-7H2,(H,14,16). The fraction of sp³-hybridized carbons (Fsp3) is 0.667. The van der Waals surface area contributed by atoms with Crippen molar-refractivity contribution in [2.75, 3.05) is 18.0 Å². The molecule has 0 bridgehead atoms. The zero-order valence-electron chi connectivity index (χ0n) is 9.76. The van der Waals surface area contributed by atoms with Gasteiger partial charge < -0.3 is 10.2 Å². The first-order valence-corrected chi connectivity index (χ1v) is 7.16. The van der Waals surface area contributed by atoms with Crippen molar-refractivity contribution in [2.24, 2.45) is 5.92 Å². The Morgan fingerprint density at radius 3 is 2.71 bits per heavy atom. The van der Waals surface area contributed by atoms with Crippen LogP contribution < -0.4 is 10.2 Å². The average molecular weight is 251 g/mol. The molecule has 0 radical (unpaired) electrons. The van der Waals surface area contributed by atoms with Crippen LogP contribution >= 0.6 is 11.3 Å². The third-order valence-corrected chi connectivity index (χ3v) is 4.31. The minimum atomic E-state index is 0.276. The highest BCUT2D eigenvalue weighted by Crippen LogP contribution is 2.29. The molecule has 2 heterocycles. The number of hydrogen-bond acceptors (Lipinski definition) is 4. The lowest BCUT2D eigenvalue weighted by Crippen LogP contribution is -2.45. The fourth-order valence-electron chi connectivity index (χ4n) is 2.25. The lowest BCUT2D eigenvalue weighted by molar-refractivity contribution is -0.123. The van der Waals surface area contributed by atoms with Crippen LogP contribution in [-0.4, -0.2) is 30.0 Å². The van der Waals surface area contributed by atoms with Crippen molar-refractivity contribution in [3.05, 3.63) is 11.6 Å². The molecule has 0 atom stereocenters. The molecule has 1 aromatic rings. The quantitative estimate of drug-likeness (QED) is 0.888. The molecule has 17 heavy (non-hydrogen) atoms. The van der Waals surface area contributed by atoms with Crippen LogP contribution in [0.15, 0.2) is 11.6 Å². The third-order valence-electron chi connectivity index (χ3n) is 3.48. The van der Waals surface area contributed by atoms with Crippen molar-refractivity contribution < 1.29 is 4.79 Å². The molecule has 5 heteroatoms. The minimum absolute atomic E-state index is 0.276. The summed E-state index contributed by atoms with van der Waals surface area (Å²) in [6, 6.07) is 0.374. The summed E-state index contributed by atoms with van der Waals surface area (Å²) >= 11 is 1.69. The molecule has 1 aliphatic carbocycles. The monoisotopic (exact) mass is 251 g/mol. The first-order valence-electron chi connectivity index (χ1n) is 6.28. The molecule has 1 saturated carbocycles. The van der Waals surface area contributed by atoms with E-state index in [0.29, 0.717) is 12.0 Å². The Bertz CT molecular complexity index is 380. The van der Waals surface area contributed by atoms with Gasteiger partial charge in [-0.25, -0.2) is 4.98 Å². The SMILES string of the molecule is O=C(NC1CCN(c2nccs2)CC1)C1CC1. The third kappa shape index (κ3) is 2.60. The van der Waals surface area contributed by atoms with Gasteiger partial charge in [0.05, 0.1) is 0 Å². The summed E-state index contributed by atoms with van der Waals surface area (Å²) in [5, 5.41) is 6.28. The number of hydrogen-bond donors (Lipinski definition) is 1. The molecular weight excluding hydrogens is 234 g/mol. The molecule has 1 N–H and O–H groups in total. The molecule has 0 spiro atoms. The Hall–Kier alpha value is -1.10. The second-order valence-electron chi connectivity index (χ2n) is 4.86. The molecule has 0 unspecified atom stereocenters. The van der Waals surface area contributed by atoms with Gasteiger partial charge in [-0.15, -0.1) is 11.3 Å². The number of anilines is 1. The maximum Gasteiger partial charge on any atom is 0.223 e. The van der Waals surface area contributed by atoms with Crippen molar-refractivity contribution in [3.8, 4) is 0 Å². The van der Waals surface area contributed by atoms with Gasteiger partial charge in [0.1, 0.15) is 0 Å². The van der Waals surface area contributed by atoms with Crippen LogP contribution in [0.25, 0.3) is 0 Å². The maximum atomic E-state index is 11.6. The van der Waals surface area contributed by atoms with Crippen LogP contribution in [0.1, 0.15) is 25.7 Å². The van der Waals surface area contributed by atoms with Crippen molar-refractivity contribution in [1.82, 2.24) is 10.3 Å². The lowest BCUT2D eigenvalue weighted by Gasteiger charge is -2.32. The molecule has 2 aliphatic rings. The van der Waals surface area contributed by atoms with E-state index in [9.17, 15) is 4.79 Å². The minimum Gasteiger partial charge on any atom is -0.353 e. The Morgan fingerprint density at radius 1 is 1.35 bits per heavy atom. The number of carbonyl (C=O) groups excluding carboxylic acids is 1. The van der Waals surface area contributed by atoms with E-state index in [1.165, 1.54) is 0 Å². The highest BCUT2D eigenvalue weighted by atomic mass is 32.1. The first-order chi connectivity index (χ1) is 8.33. The average Bonchev–Trinajstić information content (AvgIpc) is 3.07. The summed E-state index contributed by atoms with van der Waals surface area (Å²) in [6.07, 6.45) is 6.10. The predicted octanol–water partition coefficient (Wildman–Crippen LogP) is 1.64. The van der Waals surface area contributed by atoms with E-state index in [-0.39, 0.29) is 5.91 Å². The van der Waals surface area contributed by atoms with Crippen LogP contribution in [0.5, 0.6) is 0 Å². The van der Waals surface area contributed by atoms with Crippen LogP contribution in [0.2, 0.25) is 0 Å². The summed E-state index contributed by atoms with van der Waals surface area (Å²) in [4.78, 5) is 18.3. The van der Waals surface area contributed by atoms with Crippen LogP contribution in [0.4, 0.5) is 5.13 Å². The zero-order valence-corrected chi connectivity index (χ0v) is 10.6. The maximum absolute atomic E-state index is 11.6. The van der Waals surface area contributed by atoms with Crippen LogP contribution in [-0.2, 0) is 4.79 Å². The normalized spacial score (nSPS) is 21.5. The van der Waals surface area contributed by atoms with E-state index in [4.69, 9.17) is 0 Å².